The lowest BCUT2D eigenvalue weighted by Crippen LogP contribution is -2.15. The fraction of sp³-hybridized carbons (Fsp3) is 0.278. The molecule has 236 valence electrons. The molecule has 4 rings (SSSR count). The lowest BCUT2D eigenvalue weighted by Gasteiger charge is -2.17. The lowest BCUT2D eigenvalue weighted by atomic mass is 9.91. The van der Waals surface area contributed by atoms with Crippen molar-refractivity contribution in [1.82, 2.24) is 0 Å². The molecule has 0 saturated heterocycles. The van der Waals surface area contributed by atoms with Crippen molar-refractivity contribution < 1.29 is 37.6 Å². The SMILES string of the molecule is COc1ccc(CC(C)C(=O)c2ccc(OP(=O)(O)Oc3ccc(C(=O)C(C)Cc4ccc(OC)cc4)c(C)c3)cc2C)cc1. The Hall–Kier alpha value is -4.39. The summed E-state index contributed by atoms with van der Waals surface area (Å²) in [5.74, 6) is 1.05. The minimum atomic E-state index is -4.59. The van der Waals surface area contributed by atoms with Crippen LogP contribution in [0.2, 0.25) is 0 Å². The van der Waals surface area contributed by atoms with Crippen LogP contribution in [0.15, 0.2) is 84.9 Å². The molecule has 4 aromatic rings. The fourth-order valence-corrected chi connectivity index (χ4v) is 5.97. The Morgan fingerprint density at radius 3 is 1.27 bits per heavy atom. The monoisotopic (exact) mass is 630 g/mol. The molecule has 0 aliphatic rings. The van der Waals surface area contributed by atoms with Gasteiger partial charge in [0, 0.05) is 23.0 Å². The van der Waals surface area contributed by atoms with Crippen LogP contribution in [0.4, 0.5) is 0 Å². The second-order valence-corrected chi connectivity index (χ2v) is 12.5. The van der Waals surface area contributed by atoms with Gasteiger partial charge in [-0.2, -0.15) is 0 Å². The zero-order valence-corrected chi connectivity index (χ0v) is 27.3. The van der Waals surface area contributed by atoms with Crippen LogP contribution < -0.4 is 18.5 Å². The Morgan fingerprint density at radius 2 is 0.956 bits per heavy atom. The summed E-state index contributed by atoms with van der Waals surface area (Å²) in [6.45, 7) is 7.24. The van der Waals surface area contributed by atoms with Crippen molar-refractivity contribution in [2.24, 2.45) is 11.8 Å². The second kappa shape index (κ2) is 14.6. The van der Waals surface area contributed by atoms with E-state index in [-0.39, 0.29) is 34.9 Å². The van der Waals surface area contributed by atoms with Crippen molar-refractivity contribution >= 4 is 19.4 Å². The van der Waals surface area contributed by atoms with Gasteiger partial charge in [0.15, 0.2) is 11.6 Å². The molecule has 2 unspecified atom stereocenters. The maximum Gasteiger partial charge on any atom is 0.584 e. The number of hydrogen-bond acceptors (Lipinski definition) is 7. The number of Topliss-reactive ketones (excluding diaryl/α,β-unsaturated/α-hetero) is 2. The molecule has 1 N–H and O–H groups in total. The summed E-state index contributed by atoms with van der Waals surface area (Å²) in [6.07, 6.45) is 1.12. The molecule has 0 heterocycles. The number of carbonyl (C=O) groups excluding carboxylic acids is 2. The maximum atomic E-state index is 13.2. The average Bonchev–Trinajstić information content (AvgIpc) is 3.01. The Balaban J connectivity index is 1.37. The van der Waals surface area contributed by atoms with Crippen molar-refractivity contribution in [3.05, 3.63) is 118 Å². The number of rotatable bonds is 14. The normalized spacial score (nSPS) is 13.7. The van der Waals surface area contributed by atoms with Crippen molar-refractivity contribution in [3.8, 4) is 23.0 Å². The highest BCUT2D eigenvalue weighted by Crippen LogP contribution is 2.45. The number of aryl methyl sites for hydroxylation is 2. The number of ketones is 2. The van der Waals surface area contributed by atoms with E-state index in [1.54, 1.807) is 40.2 Å². The van der Waals surface area contributed by atoms with E-state index < -0.39 is 7.82 Å². The quantitative estimate of drug-likeness (QED) is 0.110. The van der Waals surface area contributed by atoms with Gasteiger partial charge in [-0.1, -0.05) is 38.1 Å². The molecule has 0 saturated carbocycles. The van der Waals surface area contributed by atoms with E-state index in [0.717, 1.165) is 22.6 Å². The lowest BCUT2D eigenvalue weighted by molar-refractivity contribution is 0.0921. The van der Waals surface area contributed by atoms with Gasteiger partial charge in [-0.25, -0.2) is 4.57 Å². The molecule has 45 heavy (non-hydrogen) atoms. The Labute approximate surface area is 264 Å². The first-order valence-electron chi connectivity index (χ1n) is 14.7. The summed E-state index contributed by atoms with van der Waals surface area (Å²) < 4.78 is 33.9. The van der Waals surface area contributed by atoms with Crippen LogP contribution in [0.5, 0.6) is 23.0 Å². The zero-order valence-electron chi connectivity index (χ0n) is 26.4. The summed E-state index contributed by atoms with van der Waals surface area (Å²) in [5, 5.41) is 0. The van der Waals surface area contributed by atoms with E-state index in [2.05, 4.69) is 0 Å². The molecule has 0 aliphatic carbocycles. The predicted octanol–water partition coefficient (Wildman–Crippen LogP) is 8.00. The van der Waals surface area contributed by atoms with E-state index in [9.17, 15) is 19.0 Å². The molecule has 0 amide bonds. The van der Waals surface area contributed by atoms with Crippen molar-refractivity contribution in [3.63, 3.8) is 0 Å². The Kier molecular flexibility index (Phi) is 10.9. The summed E-state index contributed by atoms with van der Waals surface area (Å²) in [5.41, 5.74) is 4.28. The van der Waals surface area contributed by atoms with Gasteiger partial charge < -0.3 is 18.5 Å². The molecule has 2 atom stereocenters. The van der Waals surface area contributed by atoms with Gasteiger partial charge in [-0.3, -0.25) is 14.5 Å². The van der Waals surface area contributed by atoms with Gasteiger partial charge in [0.05, 0.1) is 14.2 Å². The molecule has 4 aromatic carbocycles. The van der Waals surface area contributed by atoms with Gasteiger partial charge in [-0.05, 0) is 110 Å². The molecule has 0 bridgehead atoms. The third-order valence-electron chi connectivity index (χ3n) is 7.67. The van der Waals surface area contributed by atoms with Gasteiger partial charge in [0.25, 0.3) is 0 Å². The molecule has 8 nitrogen and oxygen atoms in total. The number of methoxy groups -OCH3 is 2. The summed E-state index contributed by atoms with van der Waals surface area (Å²) in [7, 11) is -1.38. The van der Waals surface area contributed by atoms with Gasteiger partial charge in [0.1, 0.15) is 23.0 Å². The van der Waals surface area contributed by atoms with Crippen LogP contribution in [-0.4, -0.2) is 30.7 Å². The molecular weight excluding hydrogens is 591 g/mol. The van der Waals surface area contributed by atoms with Crippen molar-refractivity contribution in [2.45, 2.75) is 40.5 Å². The molecule has 0 radical (unpaired) electrons. The number of carbonyl (C=O) groups is 2. The highest BCUT2D eigenvalue weighted by molar-refractivity contribution is 7.48. The third-order valence-corrected chi connectivity index (χ3v) is 8.55. The molecule has 9 heteroatoms. The summed E-state index contributed by atoms with van der Waals surface area (Å²) >= 11 is 0. The summed E-state index contributed by atoms with van der Waals surface area (Å²) in [4.78, 5) is 36.8. The van der Waals surface area contributed by atoms with Crippen LogP contribution in [0.3, 0.4) is 0 Å². The molecule has 0 fully saturated rings. The van der Waals surface area contributed by atoms with E-state index in [4.69, 9.17) is 18.5 Å². The first-order valence-corrected chi connectivity index (χ1v) is 16.2. The summed E-state index contributed by atoms with van der Waals surface area (Å²) in [6, 6.07) is 24.4. The second-order valence-electron chi connectivity index (χ2n) is 11.2. The fourth-order valence-electron chi connectivity index (χ4n) is 5.17. The minimum Gasteiger partial charge on any atom is -0.497 e. The molecule has 0 aromatic heterocycles. The highest BCUT2D eigenvalue weighted by atomic mass is 31.2. The van der Waals surface area contributed by atoms with E-state index in [1.165, 1.54) is 24.3 Å². The first-order chi connectivity index (χ1) is 21.4. The van der Waals surface area contributed by atoms with E-state index in [1.807, 2.05) is 62.4 Å². The van der Waals surface area contributed by atoms with Gasteiger partial charge in [-0.15, -0.1) is 0 Å². The van der Waals surface area contributed by atoms with Crippen LogP contribution in [0.25, 0.3) is 0 Å². The maximum absolute atomic E-state index is 13.2. The number of hydrogen-bond donors (Lipinski definition) is 1. The largest absolute Gasteiger partial charge is 0.584 e. The van der Waals surface area contributed by atoms with Gasteiger partial charge >= 0.3 is 7.82 Å². The number of phosphoric ester groups is 1. The van der Waals surface area contributed by atoms with Crippen molar-refractivity contribution in [2.75, 3.05) is 14.2 Å². The Bertz CT molecular complexity index is 1570. The predicted molar refractivity (Wildman–Crippen MR) is 174 cm³/mol. The third kappa shape index (κ3) is 8.84. The molecule has 0 spiro atoms. The smallest absolute Gasteiger partial charge is 0.497 e. The topological polar surface area (TPSA) is 108 Å². The van der Waals surface area contributed by atoms with Crippen molar-refractivity contribution in [1.29, 1.82) is 0 Å². The van der Waals surface area contributed by atoms with Crippen LogP contribution in [0.1, 0.15) is 56.8 Å². The standard InChI is InChI=1S/C36H39O8P/c1-23-21-31(15-17-33(23)35(37)25(3)19-27-7-11-29(41-5)12-8-27)43-45(39,40)44-32-16-18-34(24(2)22-32)36(38)26(4)20-28-9-13-30(42-6)14-10-28/h7-18,21-22,25-26H,19-20H2,1-6H3,(H,39,40). The molecular formula is C36H39O8P. The number of ether oxygens (including phenoxy) is 2. The Morgan fingerprint density at radius 1 is 0.622 bits per heavy atom. The first kappa shape index (κ1) is 33.5. The van der Waals surface area contributed by atoms with E-state index in [0.29, 0.717) is 35.1 Å². The van der Waals surface area contributed by atoms with Crippen LogP contribution >= 0.6 is 7.82 Å². The molecule has 0 aliphatic heterocycles. The highest BCUT2D eigenvalue weighted by Gasteiger charge is 2.27. The minimum absolute atomic E-state index is 0.0401. The van der Waals surface area contributed by atoms with E-state index >= 15 is 0 Å². The number of phosphoric acid groups is 1. The number of benzene rings is 4. The van der Waals surface area contributed by atoms with Crippen LogP contribution in [-0.2, 0) is 17.4 Å². The van der Waals surface area contributed by atoms with Crippen LogP contribution in [0, 0.1) is 25.7 Å². The zero-order chi connectivity index (χ0) is 32.7. The average molecular weight is 631 g/mol. The van der Waals surface area contributed by atoms with Gasteiger partial charge in [0.2, 0.25) is 0 Å².